The maximum absolute atomic E-state index is 11.0. The van der Waals surface area contributed by atoms with Crippen LogP contribution in [0.3, 0.4) is 0 Å². The molecule has 0 aliphatic heterocycles. The van der Waals surface area contributed by atoms with Crippen molar-refractivity contribution in [2.75, 3.05) is 0 Å². The van der Waals surface area contributed by atoms with Crippen molar-refractivity contribution < 1.29 is 19.4 Å². The smallest absolute Gasteiger partial charge is 0.303 e. The number of hydrogen-bond acceptors (Lipinski definition) is 3. The number of ether oxygens (including phenoxy) is 1. The number of aryl methyl sites for hydroxylation is 1. The van der Waals surface area contributed by atoms with Gasteiger partial charge in [0.1, 0.15) is 18.6 Å². The first-order chi connectivity index (χ1) is 13.1. The van der Waals surface area contributed by atoms with E-state index in [9.17, 15) is 9.59 Å². The van der Waals surface area contributed by atoms with Gasteiger partial charge in [-0.25, -0.2) is 0 Å². The number of benzene rings is 3. The Kier molecular flexibility index (Phi) is 6.00. The second kappa shape index (κ2) is 8.81. The van der Waals surface area contributed by atoms with E-state index in [1.54, 1.807) is 6.07 Å². The van der Waals surface area contributed by atoms with Crippen LogP contribution in [0.1, 0.15) is 27.9 Å². The molecule has 4 nitrogen and oxygen atoms in total. The molecule has 0 saturated heterocycles. The van der Waals surface area contributed by atoms with Gasteiger partial charge in [0.2, 0.25) is 0 Å². The van der Waals surface area contributed by atoms with Crippen LogP contribution in [0.15, 0.2) is 72.8 Å². The minimum absolute atomic E-state index is 0.123. The first kappa shape index (κ1) is 18.4. The SMILES string of the molecule is O=Cc1cccc(-c2cccc(COc3ccc(CCC(=O)O)cc3)c2)c1. The summed E-state index contributed by atoms with van der Waals surface area (Å²) in [5.74, 6) is -0.0590. The molecule has 0 spiro atoms. The zero-order valence-electron chi connectivity index (χ0n) is 14.8. The monoisotopic (exact) mass is 360 g/mol. The summed E-state index contributed by atoms with van der Waals surface area (Å²) in [6, 6.07) is 23.0. The Bertz CT molecular complexity index is 929. The number of carboxylic acids is 1. The van der Waals surface area contributed by atoms with E-state index < -0.39 is 5.97 Å². The van der Waals surface area contributed by atoms with Crippen molar-refractivity contribution in [2.24, 2.45) is 0 Å². The van der Waals surface area contributed by atoms with E-state index in [4.69, 9.17) is 9.84 Å². The van der Waals surface area contributed by atoms with E-state index >= 15 is 0 Å². The molecule has 3 aromatic rings. The lowest BCUT2D eigenvalue weighted by atomic mass is 10.0. The summed E-state index contributed by atoms with van der Waals surface area (Å²) in [6.07, 6.45) is 1.48. The maximum Gasteiger partial charge on any atom is 0.303 e. The van der Waals surface area contributed by atoms with Crippen LogP contribution in [0.25, 0.3) is 11.1 Å². The third kappa shape index (κ3) is 5.28. The number of rotatable bonds is 8. The summed E-state index contributed by atoms with van der Waals surface area (Å²) >= 11 is 0. The summed E-state index contributed by atoms with van der Waals surface area (Å²) < 4.78 is 5.84. The van der Waals surface area contributed by atoms with Gasteiger partial charge < -0.3 is 9.84 Å². The van der Waals surface area contributed by atoms with E-state index in [-0.39, 0.29) is 6.42 Å². The molecule has 0 bridgehead atoms. The lowest BCUT2D eigenvalue weighted by Crippen LogP contribution is -1.98. The van der Waals surface area contributed by atoms with E-state index in [0.717, 1.165) is 34.3 Å². The van der Waals surface area contributed by atoms with Gasteiger partial charge in [-0.05, 0) is 52.9 Å². The molecular weight excluding hydrogens is 340 g/mol. The van der Waals surface area contributed by atoms with Gasteiger partial charge in [-0.1, -0.05) is 48.5 Å². The zero-order valence-corrected chi connectivity index (χ0v) is 14.8. The van der Waals surface area contributed by atoms with Crippen LogP contribution in [0.4, 0.5) is 0 Å². The van der Waals surface area contributed by atoms with Gasteiger partial charge in [0, 0.05) is 12.0 Å². The molecule has 0 aliphatic rings. The third-order valence-electron chi connectivity index (χ3n) is 4.24. The van der Waals surface area contributed by atoms with Crippen LogP contribution >= 0.6 is 0 Å². The molecule has 0 aromatic heterocycles. The van der Waals surface area contributed by atoms with Crippen molar-refractivity contribution >= 4 is 12.3 Å². The highest BCUT2D eigenvalue weighted by Gasteiger charge is 2.03. The largest absolute Gasteiger partial charge is 0.489 e. The van der Waals surface area contributed by atoms with E-state index in [0.29, 0.717) is 18.6 Å². The quantitative estimate of drug-likeness (QED) is 0.588. The molecular formula is C23H20O4. The van der Waals surface area contributed by atoms with Crippen LogP contribution in [0, 0.1) is 0 Å². The van der Waals surface area contributed by atoms with Crippen molar-refractivity contribution in [3.05, 3.63) is 89.5 Å². The number of carboxylic acid groups (broad SMARTS) is 1. The molecule has 1 N–H and O–H groups in total. The Morgan fingerprint density at radius 3 is 2.30 bits per heavy atom. The molecule has 0 saturated carbocycles. The molecule has 4 heteroatoms. The van der Waals surface area contributed by atoms with Gasteiger partial charge >= 0.3 is 5.97 Å². The van der Waals surface area contributed by atoms with Crippen LogP contribution in [0.2, 0.25) is 0 Å². The highest BCUT2D eigenvalue weighted by molar-refractivity contribution is 5.78. The van der Waals surface area contributed by atoms with Crippen molar-refractivity contribution in [3.63, 3.8) is 0 Å². The minimum Gasteiger partial charge on any atom is -0.489 e. The van der Waals surface area contributed by atoms with Crippen molar-refractivity contribution in [3.8, 4) is 16.9 Å². The number of aliphatic carboxylic acids is 1. The first-order valence-electron chi connectivity index (χ1n) is 8.72. The first-order valence-corrected chi connectivity index (χ1v) is 8.72. The van der Waals surface area contributed by atoms with Crippen LogP contribution in [-0.4, -0.2) is 17.4 Å². The molecule has 0 aliphatic carbocycles. The fraction of sp³-hybridized carbons (Fsp3) is 0.130. The Morgan fingerprint density at radius 2 is 1.59 bits per heavy atom. The Balaban J connectivity index is 1.64. The van der Waals surface area contributed by atoms with E-state index in [1.807, 2.05) is 66.7 Å². The predicted octanol–water partition coefficient (Wildman–Crippen LogP) is 4.76. The Labute approximate surface area is 158 Å². The molecule has 3 aromatic carbocycles. The molecule has 0 fully saturated rings. The number of carbonyl (C=O) groups is 2. The van der Waals surface area contributed by atoms with Crippen molar-refractivity contribution in [1.29, 1.82) is 0 Å². The third-order valence-corrected chi connectivity index (χ3v) is 4.24. The number of carbonyl (C=O) groups excluding carboxylic acids is 1. The summed E-state index contributed by atoms with van der Waals surface area (Å²) in [4.78, 5) is 21.6. The Hall–Kier alpha value is -3.40. The molecule has 0 unspecified atom stereocenters. The second-order valence-corrected chi connectivity index (χ2v) is 6.27. The fourth-order valence-electron chi connectivity index (χ4n) is 2.80. The average molecular weight is 360 g/mol. The minimum atomic E-state index is -0.797. The summed E-state index contributed by atoms with van der Waals surface area (Å²) in [5.41, 5.74) is 4.67. The Morgan fingerprint density at radius 1 is 0.889 bits per heavy atom. The average Bonchev–Trinajstić information content (AvgIpc) is 2.71. The summed E-state index contributed by atoms with van der Waals surface area (Å²) in [5, 5.41) is 8.73. The van der Waals surface area contributed by atoms with Gasteiger partial charge in [0.05, 0.1) is 0 Å². The highest BCUT2D eigenvalue weighted by Crippen LogP contribution is 2.22. The lowest BCUT2D eigenvalue weighted by Gasteiger charge is -2.09. The summed E-state index contributed by atoms with van der Waals surface area (Å²) in [7, 11) is 0. The molecule has 0 radical (unpaired) electrons. The second-order valence-electron chi connectivity index (χ2n) is 6.27. The molecule has 136 valence electrons. The standard InChI is InChI=1S/C23H20O4/c24-15-18-3-1-5-20(13-18)21-6-2-4-19(14-21)16-27-22-10-7-17(8-11-22)9-12-23(25)26/h1-8,10-11,13-15H,9,12,16H2,(H,25,26). The highest BCUT2D eigenvalue weighted by atomic mass is 16.5. The van der Waals surface area contributed by atoms with Gasteiger partial charge in [-0.2, -0.15) is 0 Å². The van der Waals surface area contributed by atoms with Crippen LogP contribution in [0.5, 0.6) is 5.75 Å². The van der Waals surface area contributed by atoms with Gasteiger partial charge in [-0.3, -0.25) is 9.59 Å². The molecule has 27 heavy (non-hydrogen) atoms. The normalized spacial score (nSPS) is 10.4. The van der Waals surface area contributed by atoms with Crippen LogP contribution in [-0.2, 0) is 17.8 Å². The van der Waals surface area contributed by atoms with Gasteiger partial charge in [0.15, 0.2) is 0 Å². The fourth-order valence-corrected chi connectivity index (χ4v) is 2.80. The molecule has 0 heterocycles. The maximum atomic E-state index is 11.0. The van der Waals surface area contributed by atoms with Gasteiger partial charge in [-0.15, -0.1) is 0 Å². The number of hydrogen-bond donors (Lipinski definition) is 1. The van der Waals surface area contributed by atoms with E-state index in [2.05, 4.69) is 0 Å². The van der Waals surface area contributed by atoms with Crippen molar-refractivity contribution in [2.45, 2.75) is 19.4 Å². The summed E-state index contributed by atoms with van der Waals surface area (Å²) in [6.45, 7) is 0.426. The number of aldehydes is 1. The van der Waals surface area contributed by atoms with Crippen LogP contribution < -0.4 is 4.74 Å². The molecule has 3 rings (SSSR count). The topological polar surface area (TPSA) is 63.6 Å². The lowest BCUT2D eigenvalue weighted by molar-refractivity contribution is -0.136. The molecule has 0 atom stereocenters. The molecule has 0 amide bonds. The van der Waals surface area contributed by atoms with Crippen molar-refractivity contribution in [1.82, 2.24) is 0 Å². The van der Waals surface area contributed by atoms with Gasteiger partial charge in [0.25, 0.3) is 0 Å². The zero-order chi connectivity index (χ0) is 19.1. The van der Waals surface area contributed by atoms with E-state index in [1.165, 1.54) is 0 Å². The predicted molar refractivity (Wildman–Crippen MR) is 104 cm³/mol.